The average molecular weight is 369 g/mol. The average Bonchev–Trinajstić information content (AvgIpc) is 2.74. The second kappa shape index (κ2) is 6.64. The third-order valence-corrected chi connectivity index (χ3v) is 5.64. The van der Waals surface area contributed by atoms with Crippen LogP contribution >= 0.6 is 0 Å². The van der Waals surface area contributed by atoms with E-state index in [1.165, 1.54) is 44.8 Å². The molecule has 0 bridgehead atoms. The number of aryl methyl sites for hydroxylation is 1. The van der Waals surface area contributed by atoms with Gasteiger partial charge in [-0.25, -0.2) is 0 Å². The van der Waals surface area contributed by atoms with Crippen molar-refractivity contribution in [3.8, 4) is 5.75 Å². The largest absolute Gasteiger partial charge is 0.486 e. The molecule has 0 aliphatic heterocycles. The van der Waals surface area contributed by atoms with Crippen LogP contribution in [-0.2, 0) is 6.42 Å². The van der Waals surface area contributed by atoms with Crippen molar-refractivity contribution in [2.24, 2.45) is 0 Å². The first-order chi connectivity index (χ1) is 13.7. The molecule has 0 amide bonds. The molecule has 0 radical (unpaired) electrons. The van der Waals surface area contributed by atoms with Gasteiger partial charge in [0.2, 0.25) is 0 Å². The lowest BCUT2D eigenvalue weighted by Crippen LogP contribution is -2.15. The van der Waals surface area contributed by atoms with Crippen LogP contribution in [0.2, 0.25) is 0 Å². The molecule has 0 heterocycles. The highest BCUT2D eigenvalue weighted by molar-refractivity contribution is 6.08. The van der Waals surface area contributed by atoms with Gasteiger partial charge in [-0.3, -0.25) is 10.1 Å². The Kier molecular flexibility index (Phi) is 3.97. The van der Waals surface area contributed by atoms with Gasteiger partial charge in [0, 0.05) is 12.1 Å². The Hall–Kier alpha value is -3.40. The van der Waals surface area contributed by atoms with E-state index in [4.69, 9.17) is 4.74 Å². The molecule has 4 heteroatoms. The molecule has 28 heavy (non-hydrogen) atoms. The smallest absolute Gasteiger partial charge is 0.269 e. The van der Waals surface area contributed by atoms with Gasteiger partial charge in [-0.15, -0.1) is 0 Å². The predicted octanol–water partition coefficient (Wildman–Crippen LogP) is 6.36. The number of ether oxygens (including phenoxy) is 1. The van der Waals surface area contributed by atoms with Crippen molar-refractivity contribution in [1.82, 2.24) is 0 Å². The van der Waals surface area contributed by atoms with Gasteiger partial charge in [0.05, 0.1) is 4.92 Å². The number of fused-ring (bicyclic) bond motifs is 5. The molecule has 4 aromatic rings. The number of benzene rings is 4. The Balaban J connectivity index is 1.55. The Morgan fingerprint density at radius 3 is 2.46 bits per heavy atom. The van der Waals surface area contributed by atoms with Crippen LogP contribution in [0.1, 0.15) is 30.1 Å². The molecule has 1 atom stereocenters. The van der Waals surface area contributed by atoms with E-state index in [-0.39, 0.29) is 11.8 Å². The molecule has 0 fully saturated rings. The number of nitro groups is 1. The van der Waals surface area contributed by atoms with Gasteiger partial charge in [0.1, 0.15) is 11.9 Å². The number of rotatable bonds is 3. The van der Waals surface area contributed by atoms with E-state index in [1.807, 2.05) is 0 Å². The van der Waals surface area contributed by atoms with E-state index in [1.54, 1.807) is 12.1 Å². The summed E-state index contributed by atoms with van der Waals surface area (Å²) in [4.78, 5) is 10.5. The topological polar surface area (TPSA) is 52.4 Å². The van der Waals surface area contributed by atoms with E-state index in [2.05, 4.69) is 48.5 Å². The molecule has 1 aliphatic carbocycles. The zero-order chi connectivity index (χ0) is 19.1. The van der Waals surface area contributed by atoms with E-state index in [0.717, 1.165) is 19.3 Å². The van der Waals surface area contributed by atoms with Crippen LogP contribution in [-0.4, -0.2) is 4.92 Å². The van der Waals surface area contributed by atoms with Crippen LogP contribution in [0.15, 0.2) is 72.8 Å². The summed E-state index contributed by atoms with van der Waals surface area (Å²) < 4.78 is 6.23. The number of hydrogen-bond donors (Lipinski definition) is 0. The lowest BCUT2D eigenvalue weighted by Gasteiger charge is -2.27. The zero-order valence-corrected chi connectivity index (χ0v) is 15.3. The minimum atomic E-state index is -0.393. The first-order valence-corrected chi connectivity index (χ1v) is 9.55. The molecule has 4 nitrogen and oxygen atoms in total. The highest BCUT2D eigenvalue weighted by atomic mass is 16.6. The fourth-order valence-electron chi connectivity index (χ4n) is 4.30. The Bertz CT molecular complexity index is 1200. The molecule has 1 unspecified atom stereocenters. The van der Waals surface area contributed by atoms with Crippen LogP contribution in [0.5, 0.6) is 5.75 Å². The van der Waals surface area contributed by atoms with Gasteiger partial charge in [0.25, 0.3) is 5.69 Å². The van der Waals surface area contributed by atoms with Gasteiger partial charge < -0.3 is 4.74 Å². The molecule has 4 aromatic carbocycles. The summed E-state index contributed by atoms with van der Waals surface area (Å²) in [6.45, 7) is 0. The van der Waals surface area contributed by atoms with Gasteiger partial charge in [-0.05, 0) is 64.1 Å². The maximum absolute atomic E-state index is 10.8. The minimum absolute atomic E-state index is 0.0268. The van der Waals surface area contributed by atoms with Crippen molar-refractivity contribution in [3.05, 3.63) is 94.0 Å². The zero-order valence-electron chi connectivity index (χ0n) is 15.3. The summed E-state index contributed by atoms with van der Waals surface area (Å²) >= 11 is 0. The lowest BCUT2D eigenvalue weighted by molar-refractivity contribution is -0.384. The van der Waals surface area contributed by atoms with Crippen LogP contribution in [0, 0.1) is 10.1 Å². The van der Waals surface area contributed by atoms with Crippen LogP contribution in [0.25, 0.3) is 21.5 Å². The molecule has 0 N–H and O–H groups in total. The monoisotopic (exact) mass is 369 g/mol. The van der Waals surface area contributed by atoms with Crippen molar-refractivity contribution in [3.63, 3.8) is 0 Å². The molecule has 0 aromatic heterocycles. The number of nitro benzene ring substituents is 1. The summed E-state index contributed by atoms with van der Waals surface area (Å²) in [5.41, 5.74) is 2.67. The fourth-order valence-corrected chi connectivity index (χ4v) is 4.30. The molecule has 5 rings (SSSR count). The second-order valence-corrected chi connectivity index (χ2v) is 7.26. The Labute approximate surface area is 162 Å². The van der Waals surface area contributed by atoms with E-state index in [0.29, 0.717) is 5.75 Å². The molecule has 138 valence electrons. The van der Waals surface area contributed by atoms with E-state index in [9.17, 15) is 10.1 Å². The molecule has 0 spiro atoms. The van der Waals surface area contributed by atoms with E-state index < -0.39 is 4.92 Å². The van der Waals surface area contributed by atoms with Crippen LogP contribution < -0.4 is 4.74 Å². The minimum Gasteiger partial charge on any atom is -0.486 e. The van der Waals surface area contributed by atoms with Gasteiger partial charge in [0.15, 0.2) is 0 Å². The molecule has 1 aliphatic rings. The highest BCUT2D eigenvalue weighted by Crippen LogP contribution is 2.39. The molecular formula is C24H19NO3. The van der Waals surface area contributed by atoms with Crippen molar-refractivity contribution in [2.75, 3.05) is 0 Å². The quantitative estimate of drug-likeness (QED) is 0.240. The Morgan fingerprint density at radius 1 is 0.857 bits per heavy atom. The first-order valence-electron chi connectivity index (χ1n) is 9.55. The summed E-state index contributed by atoms with van der Waals surface area (Å²) in [7, 11) is 0. The molecule has 0 saturated heterocycles. The van der Waals surface area contributed by atoms with Crippen LogP contribution in [0.3, 0.4) is 0 Å². The first kappa shape index (κ1) is 16.8. The standard InChI is InChI=1S/C24H19NO3/c26-25(27)17-9-11-18(12-10-17)28-24-7-3-6-20-22-13-8-16-4-1-2-5-19(16)21(22)14-15-23(20)24/h1-2,4-5,8-15,24H,3,6-7H2. The predicted molar refractivity (Wildman–Crippen MR) is 111 cm³/mol. The Morgan fingerprint density at radius 2 is 1.64 bits per heavy atom. The van der Waals surface area contributed by atoms with Gasteiger partial charge in [-0.1, -0.05) is 48.5 Å². The maximum atomic E-state index is 10.8. The van der Waals surface area contributed by atoms with Crippen LogP contribution in [0.4, 0.5) is 5.69 Å². The van der Waals surface area contributed by atoms with Gasteiger partial charge >= 0.3 is 0 Å². The molecular weight excluding hydrogens is 350 g/mol. The van der Waals surface area contributed by atoms with E-state index >= 15 is 0 Å². The van der Waals surface area contributed by atoms with Crippen molar-refractivity contribution < 1.29 is 9.66 Å². The van der Waals surface area contributed by atoms with Gasteiger partial charge in [-0.2, -0.15) is 0 Å². The maximum Gasteiger partial charge on any atom is 0.269 e. The van der Waals surface area contributed by atoms with Crippen molar-refractivity contribution in [2.45, 2.75) is 25.4 Å². The summed E-state index contributed by atoms with van der Waals surface area (Å²) in [6.07, 6.45) is 3.03. The third-order valence-electron chi connectivity index (χ3n) is 5.64. The SMILES string of the molecule is O=[N+]([O-])c1ccc(OC2CCCc3c2ccc2c3ccc3ccccc32)cc1. The highest BCUT2D eigenvalue weighted by Gasteiger charge is 2.24. The van der Waals surface area contributed by atoms with Crippen molar-refractivity contribution in [1.29, 1.82) is 0 Å². The fraction of sp³-hybridized carbons (Fsp3) is 0.167. The summed E-state index contributed by atoms with van der Waals surface area (Å²) in [6, 6.07) is 23.6. The normalized spacial score (nSPS) is 16.1. The summed E-state index contributed by atoms with van der Waals surface area (Å²) in [5.74, 6) is 0.669. The summed E-state index contributed by atoms with van der Waals surface area (Å²) in [5, 5.41) is 16.0. The third kappa shape index (κ3) is 2.78. The number of hydrogen-bond acceptors (Lipinski definition) is 3. The number of non-ortho nitro benzene ring substituents is 1. The molecule has 0 saturated carbocycles. The van der Waals surface area contributed by atoms with Crippen molar-refractivity contribution >= 4 is 27.2 Å². The second-order valence-electron chi connectivity index (χ2n) is 7.26. The number of nitrogens with zero attached hydrogens (tertiary/aromatic N) is 1. The lowest BCUT2D eigenvalue weighted by atomic mass is 9.85.